The van der Waals surface area contributed by atoms with Crippen LogP contribution < -0.4 is 21.7 Å². The summed E-state index contributed by atoms with van der Waals surface area (Å²) in [6.45, 7) is 4.56. The van der Waals surface area contributed by atoms with E-state index < -0.39 is 72.3 Å². The Labute approximate surface area is 201 Å². The molecule has 13 nitrogen and oxygen atoms in total. The van der Waals surface area contributed by atoms with Crippen molar-refractivity contribution in [3.8, 4) is 5.75 Å². The maximum absolute atomic E-state index is 13.0. The molecule has 1 rings (SSSR count). The Morgan fingerprint density at radius 3 is 1.86 bits per heavy atom. The molecular formula is C22H32N4O9. The van der Waals surface area contributed by atoms with Gasteiger partial charge in [0.2, 0.25) is 17.7 Å². The minimum Gasteiger partial charge on any atom is -0.508 e. The first-order chi connectivity index (χ1) is 16.2. The van der Waals surface area contributed by atoms with Crippen molar-refractivity contribution in [3.63, 3.8) is 0 Å². The topological polar surface area (TPSA) is 228 Å². The summed E-state index contributed by atoms with van der Waals surface area (Å²) in [6.07, 6.45) is -2.20. The lowest BCUT2D eigenvalue weighted by Gasteiger charge is -2.27. The van der Waals surface area contributed by atoms with E-state index in [2.05, 4.69) is 16.0 Å². The van der Waals surface area contributed by atoms with Gasteiger partial charge in [0.15, 0.2) is 0 Å². The highest BCUT2D eigenvalue weighted by Gasteiger charge is 2.33. The van der Waals surface area contributed by atoms with E-state index in [-0.39, 0.29) is 12.2 Å². The second-order valence-corrected chi connectivity index (χ2v) is 8.43. The third kappa shape index (κ3) is 9.59. The van der Waals surface area contributed by atoms with Crippen molar-refractivity contribution in [1.29, 1.82) is 0 Å². The maximum Gasteiger partial charge on any atom is 0.326 e. The zero-order chi connectivity index (χ0) is 26.9. The van der Waals surface area contributed by atoms with Crippen molar-refractivity contribution in [2.75, 3.05) is 0 Å². The summed E-state index contributed by atoms with van der Waals surface area (Å²) in [5.74, 6) is -6.06. The molecule has 0 saturated heterocycles. The van der Waals surface area contributed by atoms with E-state index in [1.807, 2.05) is 0 Å². The van der Waals surface area contributed by atoms with E-state index in [4.69, 9.17) is 10.8 Å². The van der Waals surface area contributed by atoms with Crippen molar-refractivity contribution in [2.24, 2.45) is 11.7 Å². The van der Waals surface area contributed by atoms with Crippen LogP contribution in [0.5, 0.6) is 5.75 Å². The molecule has 0 saturated carbocycles. The van der Waals surface area contributed by atoms with Gasteiger partial charge < -0.3 is 42.1 Å². The van der Waals surface area contributed by atoms with Gasteiger partial charge in [-0.15, -0.1) is 0 Å². The predicted molar refractivity (Wildman–Crippen MR) is 122 cm³/mol. The summed E-state index contributed by atoms with van der Waals surface area (Å²) in [5, 5.41) is 44.1. The molecule has 9 N–H and O–H groups in total. The number of carboxylic acids is 2. The molecule has 0 bridgehead atoms. The molecule has 0 fully saturated rings. The molecule has 5 unspecified atom stereocenters. The number of nitrogens with one attached hydrogen (secondary N) is 3. The highest BCUT2D eigenvalue weighted by Crippen LogP contribution is 2.12. The third-order valence-electron chi connectivity index (χ3n) is 5.07. The zero-order valence-corrected chi connectivity index (χ0v) is 19.6. The number of nitrogens with two attached hydrogens (primary N) is 1. The lowest BCUT2D eigenvalue weighted by atomic mass is 10.00. The first kappa shape index (κ1) is 29.3. The number of hydrogen-bond acceptors (Lipinski definition) is 8. The largest absolute Gasteiger partial charge is 0.508 e. The summed E-state index contributed by atoms with van der Waals surface area (Å²) in [6, 6.07) is 0.115. The lowest BCUT2D eigenvalue weighted by molar-refractivity contribution is -0.147. The average Bonchev–Trinajstić information content (AvgIpc) is 2.76. The number of carbonyl (C=O) groups is 5. The highest BCUT2D eigenvalue weighted by atomic mass is 16.4. The second kappa shape index (κ2) is 13.2. The monoisotopic (exact) mass is 496 g/mol. The minimum absolute atomic E-state index is 0.0387. The fourth-order valence-corrected chi connectivity index (χ4v) is 2.99. The Hall–Kier alpha value is -3.71. The molecule has 0 heterocycles. The van der Waals surface area contributed by atoms with E-state index in [0.29, 0.717) is 5.56 Å². The van der Waals surface area contributed by atoms with Crippen LogP contribution in [0.3, 0.4) is 0 Å². The van der Waals surface area contributed by atoms with E-state index in [1.165, 1.54) is 31.2 Å². The number of phenolic OH excluding ortho intramolecular Hbond substituents is 1. The summed E-state index contributed by atoms with van der Waals surface area (Å²) >= 11 is 0. The van der Waals surface area contributed by atoms with Gasteiger partial charge in [-0.05, 0) is 30.5 Å². The Balaban J connectivity index is 3.16. The van der Waals surface area contributed by atoms with Gasteiger partial charge in [0.25, 0.3) is 0 Å². The smallest absolute Gasteiger partial charge is 0.326 e. The van der Waals surface area contributed by atoms with Crippen LogP contribution in [-0.4, -0.2) is 80.4 Å². The van der Waals surface area contributed by atoms with E-state index in [1.54, 1.807) is 13.8 Å². The number of carbonyl (C=O) groups excluding carboxylic acids is 3. The first-order valence-electron chi connectivity index (χ1n) is 10.8. The van der Waals surface area contributed by atoms with Crippen LogP contribution in [0.1, 0.15) is 32.8 Å². The number of aliphatic hydroxyl groups excluding tert-OH is 1. The molecule has 0 aromatic heterocycles. The molecule has 1 aromatic carbocycles. The van der Waals surface area contributed by atoms with E-state index in [9.17, 15) is 39.3 Å². The van der Waals surface area contributed by atoms with Crippen molar-refractivity contribution < 1.29 is 44.4 Å². The zero-order valence-electron chi connectivity index (χ0n) is 19.6. The number of rotatable bonds is 13. The SMILES string of the molecule is CC(C)C(NC(=O)C(N)C(C)O)C(=O)NC(Cc1ccc(O)cc1)C(=O)NC(CC(=O)O)C(=O)O. The summed E-state index contributed by atoms with van der Waals surface area (Å²) in [5.41, 5.74) is 6.11. The maximum atomic E-state index is 13.0. The molecule has 194 valence electrons. The highest BCUT2D eigenvalue weighted by molar-refractivity contribution is 5.95. The number of phenols is 1. The Kier molecular flexibility index (Phi) is 11.1. The number of aliphatic carboxylic acids is 2. The Morgan fingerprint density at radius 2 is 1.40 bits per heavy atom. The van der Waals surface area contributed by atoms with Crippen LogP contribution >= 0.6 is 0 Å². The van der Waals surface area contributed by atoms with E-state index >= 15 is 0 Å². The van der Waals surface area contributed by atoms with Crippen LogP contribution in [0.25, 0.3) is 0 Å². The molecule has 1 aromatic rings. The van der Waals surface area contributed by atoms with Crippen LogP contribution in [0, 0.1) is 5.92 Å². The van der Waals surface area contributed by atoms with Gasteiger partial charge in [-0.25, -0.2) is 4.79 Å². The first-order valence-corrected chi connectivity index (χ1v) is 10.8. The van der Waals surface area contributed by atoms with Crippen molar-refractivity contribution in [3.05, 3.63) is 29.8 Å². The number of carboxylic acid groups (broad SMARTS) is 2. The Bertz CT molecular complexity index is 918. The average molecular weight is 497 g/mol. The molecule has 0 aliphatic carbocycles. The molecule has 0 spiro atoms. The second-order valence-electron chi connectivity index (χ2n) is 8.43. The van der Waals surface area contributed by atoms with Crippen LogP contribution in [-0.2, 0) is 30.4 Å². The summed E-state index contributed by atoms with van der Waals surface area (Å²) in [7, 11) is 0. The molecule has 5 atom stereocenters. The number of hydrogen-bond donors (Lipinski definition) is 8. The number of benzene rings is 1. The van der Waals surface area contributed by atoms with Gasteiger partial charge in [0.1, 0.15) is 29.9 Å². The third-order valence-corrected chi connectivity index (χ3v) is 5.07. The van der Waals surface area contributed by atoms with Crippen molar-refractivity contribution >= 4 is 29.7 Å². The normalized spacial score (nSPS) is 15.3. The molecule has 35 heavy (non-hydrogen) atoms. The van der Waals surface area contributed by atoms with Crippen LogP contribution in [0.4, 0.5) is 0 Å². The van der Waals surface area contributed by atoms with Crippen molar-refractivity contribution in [1.82, 2.24) is 16.0 Å². The predicted octanol–water partition coefficient (Wildman–Crippen LogP) is -1.69. The van der Waals surface area contributed by atoms with Gasteiger partial charge in [0, 0.05) is 6.42 Å². The summed E-state index contributed by atoms with van der Waals surface area (Å²) in [4.78, 5) is 60.5. The van der Waals surface area contributed by atoms with Gasteiger partial charge in [-0.1, -0.05) is 26.0 Å². The van der Waals surface area contributed by atoms with Gasteiger partial charge in [-0.3, -0.25) is 19.2 Å². The number of amides is 3. The van der Waals surface area contributed by atoms with Crippen LogP contribution in [0.2, 0.25) is 0 Å². The minimum atomic E-state index is -1.75. The van der Waals surface area contributed by atoms with E-state index in [0.717, 1.165) is 0 Å². The molecule has 3 amide bonds. The molecule has 0 aliphatic heterocycles. The molecular weight excluding hydrogens is 464 g/mol. The van der Waals surface area contributed by atoms with Gasteiger partial charge in [0.05, 0.1) is 12.5 Å². The molecule has 13 heteroatoms. The lowest BCUT2D eigenvalue weighted by Crippen LogP contribution is -2.59. The summed E-state index contributed by atoms with van der Waals surface area (Å²) < 4.78 is 0. The Morgan fingerprint density at radius 1 is 0.857 bits per heavy atom. The fraction of sp³-hybridized carbons (Fsp3) is 0.500. The fourth-order valence-electron chi connectivity index (χ4n) is 2.99. The number of aliphatic hydroxyl groups is 1. The molecule has 0 radical (unpaired) electrons. The quantitative estimate of drug-likeness (QED) is 0.154. The van der Waals surface area contributed by atoms with Crippen LogP contribution in [0.15, 0.2) is 24.3 Å². The number of aromatic hydroxyl groups is 1. The van der Waals surface area contributed by atoms with Gasteiger partial charge >= 0.3 is 11.9 Å². The standard InChI is InChI=1S/C22H32N4O9/c1-10(2)18(26-20(32)17(23)11(3)27)21(33)24-14(8-12-4-6-13(28)7-5-12)19(31)25-15(22(34)35)9-16(29)30/h4-7,10-11,14-15,17-18,27-28H,8-9,23H2,1-3H3,(H,24,33)(H,25,31)(H,26,32)(H,29,30)(H,34,35). The molecule has 0 aliphatic rings. The van der Waals surface area contributed by atoms with Gasteiger partial charge in [-0.2, -0.15) is 0 Å². The van der Waals surface area contributed by atoms with Crippen molar-refractivity contribution in [2.45, 2.75) is 63.9 Å².